The van der Waals surface area contributed by atoms with Crippen LogP contribution in [0.2, 0.25) is 0 Å². The second kappa shape index (κ2) is 4.49. The van der Waals surface area contributed by atoms with Gasteiger partial charge in [0.05, 0.1) is 6.61 Å². The Kier molecular flexibility index (Phi) is 3.04. The average Bonchev–Trinajstić information content (AvgIpc) is 2.69. The summed E-state index contributed by atoms with van der Waals surface area (Å²) in [5.74, 6) is -0.442. The fourth-order valence-electron chi connectivity index (χ4n) is 1.94. The van der Waals surface area contributed by atoms with E-state index < -0.39 is 5.97 Å². The van der Waals surface area contributed by atoms with Gasteiger partial charge in [0.15, 0.2) is 11.3 Å². The SMILES string of the molecule is CCOc1cccc2c(CC)c(C(=O)O)oc12. The topological polar surface area (TPSA) is 59.7 Å². The van der Waals surface area contributed by atoms with Gasteiger partial charge in [-0.1, -0.05) is 19.1 Å². The normalized spacial score (nSPS) is 10.7. The summed E-state index contributed by atoms with van der Waals surface area (Å²) < 4.78 is 10.8. The summed E-state index contributed by atoms with van der Waals surface area (Å²) in [5.41, 5.74) is 1.23. The maximum Gasteiger partial charge on any atom is 0.372 e. The maximum atomic E-state index is 11.1. The van der Waals surface area contributed by atoms with Gasteiger partial charge in [0.25, 0.3) is 0 Å². The standard InChI is InChI=1S/C13H14O4/c1-3-8-9-6-5-7-10(16-4-2)11(9)17-12(8)13(14)15/h5-7H,3-4H2,1-2H3,(H,14,15). The van der Waals surface area contributed by atoms with Gasteiger partial charge in [-0.15, -0.1) is 0 Å². The number of hydrogen-bond donors (Lipinski definition) is 1. The Morgan fingerprint density at radius 2 is 2.18 bits per heavy atom. The molecule has 0 atom stereocenters. The number of rotatable bonds is 4. The van der Waals surface area contributed by atoms with Crippen molar-refractivity contribution in [1.82, 2.24) is 0 Å². The summed E-state index contributed by atoms with van der Waals surface area (Å²) in [5, 5.41) is 9.90. The lowest BCUT2D eigenvalue weighted by atomic mass is 10.1. The molecule has 4 nitrogen and oxygen atoms in total. The molecular formula is C13H14O4. The van der Waals surface area contributed by atoms with Crippen LogP contribution in [-0.2, 0) is 6.42 Å². The van der Waals surface area contributed by atoms with Crippen LogP contribution in [0.3, 0.4) is 0 Å². The number of hydrogen-bond acceptors (Lipinski definition) is 3. The lowest BCUT2D eigenvalue weighted by Crippen LogP contribution is -1.97. The van der Waals surface area contributed by atoms with Crippen molar-refractivity contribution in [2.24, 2.45) is 0 Å². The summed E-state index contributed by atoms with van der Waals surface area (Å²) in [6, 6.07) is 5.47. The first-order valence-electron chi connectivity index (χ1n) is 5.59. The molecule has 0 aliphatic rings. The van der Waals surface area contributed by atoms with Gasteiger partial charge >= 0.3 is 5.97 Å². The van der Waals surface area contributed by atoms with Crippen molar-refractivity contribution in [3.8, 4) is 5.75 Å². The van der Waals surface area contributed by atoms with E-state index in [0.717, 1.165) is 5.39 Å². The van der Waals surface area contributed by atoms with E-state index >= 15 is 0 Å². The van der Waals surface area contributed by atoms with E-state index in [4.69, 9.17) is 14.3 Å². The van der Waals surface area contributed by atoms with Crippen molar-refractivity contribution in [3.05, 3.63) is 29.5 Å². The number of para-hydroxylation sites is 1. The number of aromatic carboxylic acids is 1. The average molecular weight is 234 g/mol. The van der Waals surface area contributed by atoms with Gasteiger partial charge in [-0.2, -0.15) is 0 Å². The van der Waals surface area contributed by atoms with Crippen molar-refractivity contribution >= 4 is 16.9 Å². The third-order valence-corrected chi connectivity index (χ3v) is 2.63. The molecule has 1 heterocycles. The Labute approximate surface area is 98.8 Å². The predicted octanol–water partition coefficient (Wildman–Crippen LogP) is 3.09. The molecule has 1 N–H and O–H groups in total. The smallest absolute Gasteiger partial charge is 0.372 e. The van der Waals surface area contributed by atoms with Crippen molar-refractivity contribution in [2.75, 3.05) is 6.61 Å². The fourth-order valence-corrected chi connectivity index (χ4v) is 1.94. The van der Waals surface area contributed by atoms with Gasteiger partial charge in [0, 0.05) is 10.9 Å². The van der Waals surface area contributed by atoms with Gasteiger partial charge < -0.3 is 14.3 Å². The summed E-state index contributed by atoms with van der Waals surface area (Å²) in [6.45, 7) is 4.30. The van der Waals surface area contributed by atoms with Crippen molar-refractivity contribution < 1.29 is 19.1 Å². The second-order valence-electron chi connectivity index (χ2n) is 3.63. The molecule has 1 aromatic carbocycles. The van der Waals surface area contributed by atoms with E-state index in [9.17, 15) is 4.79 Å². The van der Waals surface area contributed by atoms with Gasteiger partial charge in [0.1, 0.15) is 0 Å². The van der Waals surface area contributed by atoms with E-state index in [1.54, 1.807) is 6.07 Å². The van der Waals surface area contributed by atoms with Crippen LogP contribution < -0.4 is 4.74 Å². The minimum Gasteiger partial charge on any atom is -0.490 e. The van der Waals surface area contributed by atoms with Crippen LogP contribution >= 0.6 is 0 Å². The number of carbonyl (C=O) groups is 1. The first kappa shape index (κ1) is 11.5. The molecule has 2 aromatic rings. The number of aryl methyl sites for hydroxylation is 1. The molecule has 0 amide bonds. The number of benzene rings is 1. The molecule has 0 bridgehead atoms. The molecule has 17 heavy (non-hydrogen) atoms. The van der Waals surface area contributed by atoms with Crippen molar-refractivity contribution in [1.29, 1.82) is 0 Å². The van der Waals surface area contributed by atoms with E-state index in [-0.39, 0.29) is 5.76 Å². The molecule has 0 saturated heterocycles. The first-order chi connectivity index (χ1) is 8.19. The first-order valence-corrected chi connectivity index (χ1v) is 5.59. The van der Waals surface area contributed by atoms with Crippen molar-refractivity contribution in [3.63, 3.8) is 0 Å². The molecule has 0 aliphatic heterocycles. The van der Waals surface area contributed by atoms with Crippen LogP contribution in [0.25, 0.3) is 11.0 Å². The van der Waals surface area contributed by atoms with Gasteiger partial charge in [-0.3, -0.25) is 0 Å². The quantitative estimate of drug-likeness (QED) is 0.883. The molecule has 0 spiro atoms. The summed E-state index contributed by atoms with van der Waals surface area (Å²) in [4.78, 5) is 11.1. The molecule has 0 fully saturated rings. The third-order valence-electron chi connectivity index (χ3n) is 2.63. The Morgan fingerprint density at radius 1 is 1.41 bits per heavy atom. The maximum absolute atomic E-state index is 11.1. The lowest BCUT2D eigenvalue weighted by molar-refractivity contribution is 0.0663. The van der Waals surface area contributed by atoms with Gasteiger partial charge in [-0.05, 0) is 19.4 Å². The van der Waals surface area contributed by atoms with Crippen molar-refractivity contribution in [2.45, 2.75) is 20.3 Å². The molecule has 90 valence electrons. The van der Waals surface area contributed by atoms with E-state index in [1.165, 1.54) is 0 Å². The Morgan fingerprint density at radius 3 is 2.76 bits per heavy atom. The lowest BCUT2D eigenvalue weighted by Gasteiger charge is -2.02. The highest BCUT2D eigenvalue weighted by Gasteiger charge is 2.20. The zero-order chi connectivity index (χ0) is 12.4. The molecular weight excluding hydrogens is 220 g/mol. The van der Waals surface area contributed by atoms with E-state index in [2.05, 4.69) is 0 Å². The summed E-state index contributed by atoms with van der Waals surface area (Å²) >= 11 is 0. The summed E-state index contributed by atoms with van der Waals surface area (Å²) in [6.07, 6.45) is 0.615. The summed E-state index contributed by atoms with van der Waals surface area (Å²) in [7, 11) is 0. The number of ether oxygens (including phenoxy) is 1. The highest BCUT2D eigenvalue weighted by atomic mass is 16.5. The Hall–Kier alpha value is -1.97. The zero-order valence-corrected chi connectivity index (χ0v) is 9.82. The highest BCUT2D eigenvalue weighted by molar-refractivity contribution is 5.97. The van der Waals surface area contributed by atoms with Gasteiger partial charge in [0.2, 0.25) is 5.76 Å². The molecule has 4 heteroatoms. The van der Waals surface area contributed by atoms with E-state index in [0.29, 0.717) is 29.9 Å². The Bertz CT molecular complexity index is 554. The largest absolute Gasteiger partial charge is 0.490 e. The zero-order valence-electron chi connectivity index (χ0n) is 9.82. The molecule has 0 unspecified atom stereocenters. The van der Waals surface area contributed by atoms with Gasteiger partial charge in [-0.25, -0.2) is 4.79 Å². The van der Waals surface area contributed by atoms with Crippen LogP contribution in [-0.4, -0.2) is 17.7 Å². The van der Waals surface area contributed by atoms with Crippen LogP contribution in [0.1, 0.15) is 30.0 Å². The number of carboxylic acid groups (broad SMARTS) is 1. The van der Waals surface area contributed by atoms with E-state index in [1.807, 2.05) is 26.0 Å². The highest BCUT2D eigenvalue weighted by Crippen LogP contribution is 2.33. The minimum absolute atomic E-state index is 0.00894. The predicted molar refractivity (Wildman–Crippen MR) is 63.7 cm³/mol. The molecule has 0 aliphatic carbocycles. The number of furan rings is 1. The molecule has 1 aromatic heterocycles. The molecule has 0 saturated carbocycles. The second-order valence-corrected chi connectivity index (χ2v) is 3.63. The number of carboxylic acids is 1. The molecule has 2 rings (SSSR count). The van der Waals surface area contributed by atoms with Crippen LogP contribution in [0.15, 0.2) is 22.6 Å². The minimum atomic E-state index is -1.04. The van der Waals surface area contributed by atoms with Crippen LogP contribution in [0, 0.1) is 0 Å². The molecule has 0 radical (unpaired) electrons. The monoisotopic (exact) mass is 234 g/mol. The fraction of sp³-hybridized carbons (Fsp3) is 0.308. The number of fused-ring (bicyclic) bond motifs is 1. The van der Waals surface area contributed by atoms with Crippen LogP contribution in [0.5, 0.6) is 5.75 Å². The third kappa shape index (κ3) is 1.86. The Balaban J connectivity index is 2.71. The van der Waals surface area contributed by atoms with Crippen LogP contribution in [0.4, 0.5) is 0 Å².